The highest BCUT2D eigenvalue weighted by atomic mass is 32.2. The first kappa shape index (κ1) is 12.3. The minimum absolute atomic E-state index is 0.539. The molecule has 0 radical (unpaired) electrons. The first-order valence-electron chi connectivity index (χ1n) is 5.70. The Bertz CT molecular complexity index is 135. The van der Waals surface area contributed by atoms with Gasteiger partial charge in [-0.05, 0) is 38.5 Å². The van der Waals surface area contributed by atoms with Crippen LogP contribution in [0.4, 0.5) is 0 Å². The van der Waals surface area contributed by atoms with Crippen molar-refractivity contribution in [2.24, 2.45) is 0 Å². The molecule has 0 saturated heterocycles. The summed E-state index contributed by atoms with van der Waals surface area (Å²) in [7, 11) is 0. The molecule has 0 aromatic carbocycles. The summed E-state index contributed by atoms with van der Waals surface area (Å²) in [6.45, 7) is 4.21. The van der Waals surface area contributed by atoms with Gasteiger partial charge in [0, 0.05) is 11.8 Å². The number of rotatable bonds is 6. The lowest BCUT2D eigenvalue weighted by atomic mass is 9.93. The van der Waals surface area contributed by atoms with Crippen LogP contribution in [0.5, 0.6) is 0 Å². The normalized spacial score (nSPS) is 27.9. The first-order valence-corrected chi connectivity index (χ1v) is 7.10. The van der Waals surface area contributed by atoms with E-state index in [1.807, 2.05) is 11.8 Å². The third kappa shape index (κ3) is 4.67. The van der Waals surface area contributed by atoms with E-state index in [2.05, 4.69) is 18.5 Å². The summed E-state index contributed by atoms with van der Waals surface area (Å²) in [5.41, 5.74) is 0. The van der Waals surface area contributed by atoms with Crippen molar-refractivity contribution in [1.82, 2.24) is 5.32 Å². The van der Waals surface area contributed by atoms with Gasteiger partial charge in [-0.2, -0.15) is 11.8 Å². The zero-order valence-electron chi connectivity index (χ0n) is 9.42. The molecule has 1 saturated carbocycles. The Hall–Kier alpha value is 0.270. The maximum absolute atomic E-state index is 5.80. The van der Waals surface area contributed by atoms with Crippen LogP contribution in [0, 0.1) is 0 Å². The highest BCUT2D eigenvalue weighted by Gasteiger charge is 2.20. The fourth-order valence-electron chi connectivity index (χ4n) is 2.02. The molecule has 1 aliphatic carbocycles. The molecule has 0 bridgehead atoms. The zero-order chi connectivity index (χ0) is 10.2. The molecule has 0 spiro atoms. The summed E-state index contributed by atoms with van der Waals surface area (Å²) < 4.78 is 5.80. The second kappa shape index (κ2) is 7.55. The molecule has 1 N–H and O–H groups in total. The maximum atomic E-state index is 5.80. The third-order valence-electron chi connectivity index (χ3n) is 2.81. The molecule has 84 valence electrons. The number of nitrogens with one attached hydrogen (secondary N) is 1. The molecule has 0 amide bonds. The summed E-state index contributed by atoms with van der Waals surface area (Å²) in [6, 6.07) is 0.750. The van der Waals surface area contributed by atoms with Gasteiger partial charge >= 0.3 is 0 Å². The van der Waals surface area contributed by atoms with Crippen LogP contribution < -0.4 is 5.32 Å². The van der Waals surface area contributed by atoms with Gasteiger partial charge in [0.2, 0.25) is 0 Å². The monoisotopic (exact) mass is 217 g/mol. The fraction of sp³-hybridized carbons (Fsp3) is 1.00. The Balaban J connectivity index is 2.03. The molecular formula is C11H23NOS. The van der Waals surface area contributed by atoms with Gasteiger partial charge in [-0.15, -0.1) is 0 Å². The van der Waals surface area contributed by atoms with Gasteiger partial charge in [-0.3, -0.25) is 0 Å². The largest absolute Gasteiger partial charge is 0.377 e. The number of ether oxygens (including phenoxy) is 1. The Morgan fingerprint density at radius 2 is 2.00 bits per heavy atom. The molecule has 0 heterocycles. The molecule has 1 fully saturated rings. The van der Waals surface area contributed by atoms with Crippen LogP contribution in [0.25, 0.3) is 0 Å². The highest BCUT2D eigenvalue weighted by molar-refractivity contribution is 7.98. The second-order valence-electron chi connectivity index (χ2n) is 3.89. The predicted octanol–water partition coefficient (Wildman–Crippen LogP) is 2.29. The van der Waals surface area contributed by atoms with Gasteiger partial charge in [0.25, 0.3) is 0 Å². The van der Waals surface area contributed by atoms with Crippen molar-refractivity contribution < 1.29 is 4.74 Å². The molecule has 0 aromatic heterocycles. The Labute approximate surface area is 92.2 Å². The number of hydrogen-bond donors (Lipinski definition) is 1. The van der Waals surface area contributed by atoms with Crippen molar-refractivity contribution in [3.8, 4) is 0 Å². The zero-order valence-corrected chi connectivity index (χ0v) is 10.2. The SMILES string of the molecule is CCNC1CCC(OCCSC)CC1. The van der Waals surface area contributed by atoms with Crippen LogP contribution in [0.3, 0.4) is 0 Å². The molecule has 2 nitrogen and oxygen atoms in total. The minimum Gasteiger partial charge on any atom is -0.377 e. The van der Waals surface area contributed by atoms with Gasteiger partial charge < -0.3 is 10.1 Å². The van der Waals surface area contributed by atoms with Crippen molar-refractivity contribution in [2.45, 2.75) is 44.8 Å². The predicted molar refractivity (Wildman–Crippen MR) is 64.1 cm³/mol. The minimum atomic E-state index is 0.539. The molecule has 0 atom stereocenters. The third-order valence-corrected chi connectivity index (χ3v) is 3.38. The summed E-state index contributed by atoms with van der Waals surface area (Å²) in [5, 5.41) is 3.51. The van der Waals surface area contributed by atoms with Crippen molar-refractivity contribution in [3.63, 3.8) is 0 Å². The van der Waals surface area contributed by atoms with E-state index in [1.165, 1.54) is 25.7 Å². The average Bonchev–Trinajstić information content (AvgIpc) is 2.21. The summed E-state index contributed by atoms with van der Waals surface area (Å²) in [5.74, 6) is 1.13. The maximum Gasteiger partial charge on any atom is 0.0576 e. The van der Waals surface area contributed by atoms with Crippen LogP contribution in [0.15, 0.2) is 0 Å². The highest BCUT2D eigenvalue weighted by Crippen LogP contribution is 2.21. The van der Waals surface area contributed by atoms with Crippen molar-refractivity contribution in [1.29, 1.82) is 0 Å². The van der Waals surface area contributed by atoms with Crippen LogP contribution in [0.1, 0.15) is 32.6 Å². The smallest absolute Gasteiger partial charge is 0.0576 e. The quantitative estimate of drug-likeness (QED) is 0.690. The van der Waals surface area contributed by atoms with Gasteiger partial charge in [0.1, 0.15) is 0 Å². The van der Waals surface area contributed by atoms with Crippen LogP contribution in [-0.2, 0) is 4.74 Å². The van der Waals surface area contributed by atoms with Gasteiger partial charge in [-0.25, -0.2) is 0 Å². The molecule has 14 heavy (non-hydrogen) atoms. The summed E-state index contributed by atoms with van der Waals surface area (Å²) >= 11 is 1.86. The van der Waals surface area contributed by atoms with Crippen molar-refractivity contribution in [3.05, 3.63) is 0 Å². The summed E-state index contributed by atoms with van der Waals surface area (Å²) in [6.07, 6.45) is 7.73. The Kier molecular flexibility index (Phi) is 6.65. The molecule has 0 aliphatic heterocycles. The van der Waals surface area contributed by atoms with Crippen LogP contribution in [-0.4, -0.2) is 37.3 Å². The lowest BCUT2D eigenvalue weighted by Crippen LogP contribution is -2.35. The lowest BCUT2D eigenvalue weighted by Gasteiger charge is -2.28. The van der Waals surface area contributed by atoms with Crippen LogP contribution in [0.2, 0.25) is 0 Å². The average molecular weight is 217 g/mol. The Morgan fingerprint density at radius 3 is 2.57 bits per heavy atom. The number of thioether (sulfide) groups is 1. The van der Waals surface area contributed by atoms with E-state index in [0.717, 1.165) is 24.9 Å². The van der Waals surface area contributed by atoms with Crippen molar-refractivity contribution in [2.75, 3.05) is 25.2 Å². The lowest BCUT2D eigenvalue weighted by molar-refractivity contribution is 0.0321. The van der Waals surface area contributed by atoms with E-state index in [4.69, 9.17) is 4.74 Å². The molecule has 3 heteroatoms. The first-order chi connectivity index (χ1) is 6.86. The van der Waals surface area contributed by atoms with Crippen molar-refractivity contribution >= 4 is 11.8 Å². The standard InChI is InChI=1S/C11H23NOS/c1-3-12-10-4-6-11(7-5-10)13-8-9-14-2/h10-12H,3-9H2,1-2H3. The molecular weight excluding hydrogens is 194 g/mol. The van der Waals surface area contributed by atoms with E-state index in [1.54, 1.807) is 0 Å². The summed E-state index contributed by atoms with van der Waals surface area (Å²) in [4.78, 5) is 0. The molecule has 1 rings (SSSR count). The van der Waals surface area contributed by atoms with E-state index < -0.39 is 0 Å². The van der Waals surface area contributed by atoms with E-state index in [-0.39, 0.29) is 0 Å². The van der Waals surface area contributed by atoms with E-state index >= 15 is 0 Å². The Morgan fingerprint density at radius 1 is 1.29 bits per heavy atom. The molecule has 1 aliphatic rings. The van der Waals surface area contributed by atoms with E-state index in [0.29, 0.717) is 6.10 Å². The van der Waals surface area contributed by atoms with Gasteiger partial charge in [0.15, 0.2) is 0 Å². The fourth-order valence-corrected chi connectivity index (χ4v) is 2.28. The molecule has 0 unspecified atom stereocenters. The number of hydrogen-bond acceptors (Lipinski definition) is 3. The molecule has 0 aromatic rings. The topological polar surface area (TPSA) is 21.3 Å². The van der Waals surface area contributed by atoms with Crippen LogP contribution >= 0.6 is 11.8 Å². The van der Waals surface area contributed by atoms with Gasteiger partial charge in [0.05, 0.1) is 12.7 Å². The van der Waals surface area contributed by atoms with E-state index in [9.17, 15) is 0 Å². The second-order valence-corrected chi connectivity index (χ2v) is 4.88. The van der Waals surface area contributed by atoms with Gasteiger partial charge in [-0.1, -0.05) is 6.92 Å².